The average molecular weight is 344 g/mol. The molecule has 1 aliphatic rings. The number of hydrogen-bond acceptors (Lipinski definition) is 2. The Kier molecular flexibility index (Phi) is 5.43. The van der Waals surface area contributed by atoms with E-state index in [0.717, 1.165) is 37.6 Å². The second-order valence-corrected chi connectivity index (χ2v) is 6.44. The molecular formula is C20H22F2N2O. The van der Waals surface area contributed by atoms with Crippen molar-refractivity contribution in [3.8, 4) is 0 Å². The summed E-state index contributed by atoms with van der Waals surface area (Å²) in [6.07, 6.45) is 2.04. The van der Waals surface area contributed by atoms with Crippen LogP contribution in [0.4, 0.5) is 8.78 Å². The third-order valence-corrected chi connectivity index (χ3v) is 4.66. The van der Waals surface area contributed by atoms with E-state index in [-0.39, 0.29) is 11.9 Å². The van der Waals surface area contributed by atoms with Crippen LogP contribution in [0.5, 0.6) is 0 Å². The summed E-state index contributed by atoms with van der Waals surface area (Å²) in [4.78, 5) is 14.8. The molecule has 25 heavy (non-hydrogen) atoms. The van der Waals surface area contributed by atoms with E-state index in [0.29, 0.717) is 5.56 Å². The van der Waals surface area contributed by atoms with Gasteiger partial charge in [-0.15, -0.1) is 0 Å². The van der Waals surface area contributed by atoms with E-state index in [1.165, 1.54) is 6.07 Å². The minimum atomic E-state index is -0.881. The lowest BCUT2D eigenvalue weighted by Gasteiger charge is -2.27. The maximum atomic E-state index is 13.5. The Labute approximate surface area is 146 Å². The summed E-state index contributed by atoms with van der Waals surface area (Å²) in [5.74, 6) is -1.73. The molecule has 1 N–H and O–H groups in total. The molecule has 2 atom stereocenters. The van der Waals surface area contributed by atoms with E-state index in [4.69, 9.17) is 0 Å². The molecule has 0 bridgehead atoms. The van der Waals surface area contributed by atoms with Crippen LogP contribution in [0.3, 0.4) is 0 Å². The highest BCUT2D eigenvalue weighted by atomic mass is 19.2. The molecule has 0 spiro atoms. The van der Waals surface area contributed by atoms with Crippen LogP contribution in [-0.4, -0.2) is 23.9 Å². The standard InChI is InChI=1S/C20H22F2N2O/c1-14(16-9-10-17(21)18(22)13-16)23-19(15-7-3-2-4-8-15)20(25)24-11-5-6-12-24/h2-4,7-10,13-14,19,23H,5-6,11-12H2,1H3/t14-,19+/m1/s1. The highest BCUT2D eigenvalue weighted by Crippen LogP contribution is 2.24. The number of nitrogens with one attached hydrogen (secondary N) is 1. The molecule has 0 radical (unpaired) electrons. The van der Waals surface area contributed by atoms with Gasteiger partial charge in [-0.3, -0.25) is 10.1 Å². The summed E-state index contributed by atoms with van der Waals surface area (Å²) in [6.45, 7) is 3.38. The molecule has 0 unspecified atom stereocenters. The third-order valence-electron chi connectivity index (χ3n) is 4.66. The number of benzene rings is 2. The average Bonchev–Trinajstić information content (AvgIpc) is 3.16. The van der Waals surface area contributed by atoms with Crippen LogP contribution in [0.1, 0.15) is 43.0 Å². The van der Waals surface area contributed by atoms with Gasteiger partial charge in [0.25, 0.3) is 0 Å². The number of carbonyl (C=O) groups excluding carboxylic acids is 1. The van der Waals surface area contributed by atoms with Gasteiger partial charge >= 0.3 is 0 Å². The van der Waals surface area contributed by atoms with Crippen molar-refractivity contribution < 1.29 is 13.6 Å². The molecule has 3 rings (SSSR count). The Balaban J connectivity index is 1.83. The quantitative estimate of drug-likeness (QED) is 0.890. The van der Waals surface area contributed by atoms with Crippen LogP contribution in [0, 0.1) is 11.6 Å². The van der Waals surface area contributed by atoms with Gasteiger partial charge in [-0.1, -0.05) is 36.4 Å². The maximum absolute atomic E-state index is 13.5. The molecule has 0 aromatic heterocycles. The second-order valence-electron chi connectivity index (χ2n) is 6.44. The molecule has 1 amide bonds. The summed E-state index contributed by atoms with van der Waals surface area (Å²) in [7, 11) is 0. The Morgan fingerprint density at radius 3 is 2.32 bits per heavy atom. The fourth-order valence-corrected chi connectivity index (χ4v) is 3.20. The van der Waals surface area contributed by atoms with Crippen LogP contribution >= 0.6 is 0 Å². The molecule has 3 nitrogen and oxygen atoms in total. The summed E-state index contributed by atoms with van der Waals surface area (Å²) < 4.78 is 26.7. The first-order valence-corrected chi connectivity index (χ1v) is 8.61. The van der Waals surface area contributed by atoms with Gasteiger partial charge < -0.3 is 4.90 Å². The monoisotopic (exact) mass is 344 g/mol. The van der Waals surface area contributed by atoms with E-state index < -0.39 is 17.7 Å². The lowest BCUT2D eigenvalue weighted by molar-refractivity contribution is -0.132. The molecule has 1 fully saturated rings. The fourth-order valence-electron chi connectivity index (χ4n) is 3.20. The first-order chi connectivity index (χ1) is 12.1. The Morgan fingerprint density at radius 1 is 1.00 bits per heavy atom. The molecule has 1 saturated heterocycles. The molecule has 5 heteroatoms. The van der Waals surface area contributed by atoms with Gasteiger partial charge in [0.05, 0.1) is 0 Å². The molecular weight excluding hydrogens is 322 g/mol. The number of rotatable bonds is 5. The van der Waals surface area contributed by atoms with Gasteiger partial charge in [-0.05, 0) is 43.0 Å². The highest BCUT2D eigenvalue weighted by Gasteiger charge is 2.29. The Hall–Kier alpha value is -2.27. The van der Waals surface area contributed by atoms with Gasteiger partial charge in [0.1, 0.15) is 6.04 Å². The van der Waals surface area contributed by atoms with Crippen molar-refractivity contribution in [2.75, 3.05) is 13.1 Å². The molecule has 1 aliphatic heterocycles. The molecule has 0 saturated carbocycles. The van der Waals surface area contributed by atoms with E-state index in [1.807, 2.05) is 42.2 Å². The van der Waals surface area contributed by atoms with E-state index in [2.05, 4.69) is 5.32 Å². The molecule has 2 aromatic carbocycles. The van der Waals surface area contributed by atoms with E-state index in [9.17, 15) is 13.6 Å². The lowest BCUT2D eigenvalue weighted by atomic mass is 10.0. The van der Waals surface area contributed by atoms with Crippen molar-refractivity contribution in [3.05, 3.63) is 71.3 Å². The minimum Gasteiger partial charge on any atom is -0.341 e. The normalized spacial score (nSPS) is 16.7. The summed E-state index contributed by atoms with van der Waals surface area (Å²) in [5, 5.41) is 3.29. The zero-order valence-corrected chi connectivity index (χ0v) is 14.2. The smallest absolute Gasteiger partial charge is 0.244 e. The molecule has 1 heterocycles. The summed E-state index contributed by atoms with van der Waals surface area (Å²) in [5.41, 5.74) is 1.47. The van der Waals surface area contributed by atoms with Crippen molar-refractivity contribution in [2.24, 2.45) is 0 Å². The fraction of sp³-hybridized carbons (Fsp3) is 0.350. The van der Waals surface area contributed by atoms with Crippen molar-refractivity contribution >= 4 is 5.91 Å². The van der Waals surface area contributed by atoms with Gasteiger partial charge in [0.15, 0.2) is 11.6 Å². The zero-order chi connectivity index (χ0) is 17.8. The first-order valence-electron chi connectivity index (χ1n) is 8.61. The number of carbonyl (C=O) groups is 1. The van der Waals surface area contributed by atoms with Crippen molar-refractivity contribution in [3.63, 3.8) is 0 Å². The molecule has 0 aliphatic carbocycles. The topological polar surface area (TPSA) is 32.3 Å². The van der Waals surface area contributed by atoms with Crippen LogP contribution < -0.4 is 5.32 Å². The summed E-state index contributed by atoms with van der Waals surface area (Å²) >= 11 is 0. The van der Waals surface area contributed by atoms with Crippen molar-refractivity contribution in [1.29, 1.82) is 0 Å². The summed E-state index contributed by atoms with van der Waals surface area (Å²) in [6, 6.07) is 12.5. The van der Waals surface area contributed by atoms with Gasteiger partial charge in [0, 0.05) is 19.1 Å². The Morgan fingerprint density at radius 2 is 1.68 bits per heavy atom. The number of amides is 1. The lowest BCUT2D eigenvalue weighted by Crippen LogP contribution is -2.40. The predicted molar refractivity (Wildman–Crippen MR) is 92.9 cm³/mol. The van der Waals surface area contributed by atoms with E-state index in [1.54, 1.807) is 6.07 Å². The third kappa shape index (κ3) is 4.04. The van der Waals surface area contributed by atoms with Crippen LogP contribution in [0.15, 0.2) is 48.5 Å². The highest BCUT2D eigenvalue weighted by molar-refractivity contribution is 5.83. The van der Waals surface area contributed by atoms with Gasteiger partial charge in [-0.2, -0.15) is 0 Å². The van der Waals surface area contributed by atoms with Gasteiger partial charge in [0.2, 0.25) is 5.91 Å². The van der Waals surface area contributed by atoms with Crippen LogP contribution in [0.25, 0.3) is 0 Å². The molecule has 2 aromatic rings. The number of likely N-dealkylation sites (tertiary alicyclic amines) is 1. The maximum Gasteiger partial charge on any atom is 0.244 e. The second kappa shape index (κ2) is 7.74. The largest absolute Gasteiger partial charge is 0.341 e. The number of nitrogens with zero attached hydrogens (tertiary/aromatic N) is 1. The predicted octanol–water partition coefficient (Wildman–Crippen LogP) is 3.98. The SMILES string of the molecule is C[C@@H](N[C@H](C(=O)N1CCCC1)c1ccccc1)c1ccc(F)c(F)c1. The van der Waals surface area contributed by atoms with Crippen LogP contribution in [0.2, 0.25) is 0 Å². The van der Waals surface area contributed by atoms with E-state index >= 15 is 0 Å². The number of hydrogen-bond donors (Lipinski definition) is 1. The van der Waals surface area contributed by atoms with Gasteiger partial charge in [-0.25, -0.2) is 8.78 Å². The Bertz CT molecular complexity index is 730. The zero-order valence-electron chi connectivity index (χ0n) is 14.2. The number of halogens is 2. The minimum absolute atomic E-state index is 0.0260. The van der Waals surface area contributed by atoms with Crippen molar-refractivity contribution in [1.82, 2.24) is 10.2 Å². The van der Waals surface area contributed by atoms with Crippen LogP contribution in [-0.2, 0) is 4.79 Å². The van der Waals surface area contributed by atoms with Crippen molar-refractivity contribution in [2.45, 2.75) is 31.8 Å². The molecule has 132 valence electrons. The first kappa shape index (κ1) is 17.5.